The first kappa shape index (κ1) is 29.8. The van der Waals surface area contributed by atoms with Crippen LogP contribution in [0.3, 0.4) is 0 Å². The molecule has 0 aliphatic carbocycles. The van der Waals surface area contributed by atoms with E-state index in [9.17, 15) is 0 Å². The molecular weight excluding hydrogens is 635 g/mol. The van der Waals surface area contributed by atoms with Crippen molar-refractivity contribution >= 4 is 32.7 Å². The molecule has 0 spiro atoms. The standard InChI is InChI=1S/C47H31N5/c1-5-16-32(17-6-1)42-43-39-26-13-14-27-40(39)52(37-23-11-4-12-24-37)41(43)31-35-28-29-51(44(35)42)38-25-15-22-36(30-38)47-49-45(33-18-7-2-8-19-33)48-46(50-47)34-20-9-3-10-21-34/h1-31H. The Balaban J connectivity index is 1.22. The summed E-state index contributed by atoms with van der Waals surface area (Å²) >= 11 is 0. The molecule has 10 aromatic rings. The zero-order chi connectivity index (χ0) is 34.4. The average molecular weight is 666 g/mol. The van der Waals surface area contributed by atoms with E-state index >= 15 is 0 Å². The Bertz CT molecular complexity index is 2820. The molecule has 0 saturated heterocycles. The first-order valence-corrected chi connectivity index (χ1v) is 17.5. The molecule has 52 heavy (non-hydrogen) atoms. The second-order valence-corrected chi connectivity index (χ2v) is 12.9. The van der Waals surface area contributed by atoms with Gasteiger partial charge in [-0.1, -0.05) is 140 Å². The third-order valence-electron chi connectivity index (χ3n) is 9.77. The SMILES string of the molecule is c1ccc(-c2nc(-c3ccccc3)nc(-c3cccc(-n4ccc5cc6c(c(-c7ccccc7)c54)c4ccccc4n6-c4ccccc4)c3)n2)cc1. The lowest BCUT2D eigenvalue weighted by molar-refractivity contribution is 1.07. The summed E-state index contributed by atoms with van der Waals surface area (Å²) in [6, 6.07) is 63.5. The summed E-state index contributed by atoms with van der Waals surface area (Å²) in [5.41, 5.74) is 10.9. The van der Waals surface area contributed by atoms with Gasteiger partial charge in [-0.3, -0.25) is 0 Å². The normalized spacial score (nSPS) is 11.5. The van der Waals surface area contributed by atoms with Gasteiger partial charge in [0, 0.05) is 56.0 Å². The predicted octanol–water partition coefficient (Wildman–Crippen LogP) is 11.6. The summed E-state index contributed by atoms with van der Waals surface area (Å²) in [6.45, 7) is 0. The Labute approximate surface area is 300 Å². The van der Waals surface area contributed by atoms with Gasteiger partial charge in [0.05, 0.1) is 16.6 Å². The summed E-state index contributed by atoms with van der Waals surface area (Å²) in [5, 5.41) is 3.61. The number of hydrogen-bond acceptors (Lipinski definition) is 3. The maximum absolute atomic E-state index is 5.02. The molecular formula is C47H31N5. The van der Waals surface area contributed by atoms with Crippen LogP contribution in [0.25, 0.3) is 89.4 Å². The van der Waals surface area contributed by atoms with Gasteiger partial charge in [-0.15, -0.1) is 0 Å². The van der Waals surface area contributed by atoms with Crippen molar-refractivity contribution in [2.45, 2.75) is 0 Å². The van der Waals surface area contributed by atoms with E-state index in [0.717, 1.165) is 39.0 Å². The van der Waals surface area contributed by atoms with Crippen LogP contribution in [0.1, 0.15) is 0 Å². The van der Waals surface area contributed by atoms with Crippen LogP contribution in [0, 0.1) is 0 Å². The second-order valence-electron chi connectivity index (χ2n) is 12.9. The van der Waals surface area contributed by atoms with Gasteiger partial charge in [-0.2, -0.15) is 0 Å². The van der Waals surface area contributed by atoms with Gasteiger partial charge in [0.1, 0.15) is 0 Å². The number of aromatic nitrogens is 5. The van der Waals surface area contributed by atoms with Crippen molar-refractivity contribution in [1.82, 2.24) is 24.1 Å². The van der Waals surface area contributed by atoms with Crippen LogP contribution in [0.4, 0.5) is 0 Å². The smallest absolute Gasteiger partial charge is 0.164 e. The van der Waals surface area contributed by atoms with E-state index < -0.39 is 0 Å². The molecule has 5 heteroatoms. The largest absolute Gasteiger partial charge is 0.316 e. The molecule has 3 aromatic heterocycles. The Morgan fingerprint density at radius 1 is 0.385 bits per heavy atom. The van der Waals surface area contributed by atoms with Crippen molar-refractivity contribution < 1.29 is 0 Å². The maximum Gasteiger partial charge on any atom is 0.164 e. The predicted molar refractivity (Wildman–Crippen MR) is 213 cm³/mol. The molecule has 0 N–H and O–H groups in total. The van der Waals surface area contributed by atoms with Crippen LogP contribution in [0.15, 0.2) is 188 Å². The highest BCUT2D eigenvalue weighted by Gasteiger charge is 2.22. The molecule has 0 amide bonds. The fraction of sp³-hybridized carbons (Fsp3) is 0. The summed E-state index contributed by atoms with van der Waals surface area (Å²) in [5.74, 6) is 1.91. The third-order valence-corrected chi connectivity index (χ3v) is 9.77. The van der Waals surface area contributed by atoms with Crippen molar-refractivity contribution in [2.75, 3.05) is 0 Å². The Morgan fingerprint density at radius 2 is 0.904 bits per heavy atom. The van der Waals surface area contributed by atoms with Gasteiger partial charge in [-0.05, 0) is 48.0 Å². The van der Waals surface area contributed by atoms with Gasteiger partial charge in [0.25, 0.3) is 0 Å². The molecule has 0 bridgehead atoms. The lowest BCUT2D eigenvalue weighted by Crippen LogP contribution is -2.01. The molecule has 0 saturated carbocycles. The number of fused-ring (bicyclic) bond motifs is 4. The number of benzene rings is 7. The quantitative estimate of drug-likeness (QED) is 0.178. The molecule has 0 aliphatic heterocycles. The minimum Gasteiger partial charge on any atom is -0.316 e. The third kappa shape index (κ3) is 4.98. The molecule has 0 aliphatic rings. The van der Waals surface area contributed by atoms with Crippen molar-refractivity contribution in [2.24, 2.45) is 0 Å². The summed E-state index contributed by atoms with van der Waals surface area (Å²) in [7, 11) is 0. The van der Waals surface area contributed by atoms with Gasteiger partial charge in [0.15, 0.2) is 17.5 Å². The number of rotatable bonds is 6. The first-order chi connectivity index (χ1) is 25.8. The maximum atomic E-state index is 5.02. The minimum absolute atomic E-state index is 0.627. The molecule has 0 atom stereocenters. The van der Waals surface area contributed by atoms with E-state index in [1.165, 1.54) is 32.9 Å². The highest BCUT2D eigenvalue weighted by molar-refractivity contribution is 6.22. The van der Waals surface area contributed by atoms with E-state index in [1.54, 1.807) is 0 Å². The van der Waals surface area contributed by atoms with Crippen molar-refractivity contribution in [3.63, 3.8) is 0 Å². The lowest BCUT2D eigenvalue weighted by atomic mass is 9.96. The second kappa shape index (κ2) is 12.3. The molecule has 0 unspecified atom stereocenters. The Morgan fingerprint density at radius 3 is 1.56 bits per heavy atom. The monoisotopic (exact) mass is 665 g/mol. The average Bonchev–Trinajstić information content (AvgIpc) is 3.80. The zero-order valence-electron chi connectivity index (χ0n) is 28.1. The van der Waals surface area contributed by atoms with Crippen LogP contribution < -0.4 is 0 Å². The zero-order valence-corrected chi connectivity index (χ0v) is 28.1. The Kier molecular flexibility index (Phi) is 7.07. The van der Waals surface area contributed by atoms with Crippen molar-refractivity contribution in [3.8, 4) is 56.7 Å². The van der Waals surface area contributed by atoms with Crippen molar-refractivity contribution in [3.05, 3.63) is 188 Å². The fourth-order valence-corrected chi connectivity index (χ4v) is 7.44. The number of nitrogens with zero attached hydrogens (tertiary/aromatic N) is 5. The molecule has 7 aromatic carbocycles. The van der Waals surface area contributed by atoms with Gasteiger partial charge in [0.2, 0.25) is 0 Å². The number of para-hydroxylation sites is 2. The first-order valence-electron chi connectivity index (χ1n) is 17.5. The molecule has 244 valence electrons. The van der Waals surface area contributed by atoms with E-state index in [2.05, 4.69) is 137 Å². The topological polar surface area (TPSA) is 48.5 Å². The van der Waals surface area contributed by atoms with Crippen LogP contribution in [-0.4, -0.2) is 24.1 Å². The highest BCUT2D eigenvalue weighted by Crippen LogP contribution is 2.44. The molecule has 10 rings (SSSR count). The molecule has 5 nitrogen and oxygen atoms in total. The van der Waals surface area contributed by atoms with E-state index in [-0.39, 0.29) is 0 Å². The van der Waals surface area contributed by atoms with E-state index in [0.29, 0.717) is 17.5 Å². The highest BCUT2D eigenvalue weighted by atomic mass is 15.0. The van der Waals surface area contributed by atoms with Crippen LogP contribution in [0.2, 0.25) is 0 Å². The summed E-state index contributed by atoms with van der Waals surface area (Å²) in [4.78, 5) is 14.9. The molecule has 0 fully saturated rings. The van der Waals surface area contributed by atoms with Gasteiger partial charge >= 0.3 is 0 Å². The van der Waals surface area contributed by atoms with Crippen LogP contribution >= 0.6 is 0 Å². The number of hydrogen-bond donors (Lipinski definition) is 0. The van der Waals surface area contributed by atoms with E-state index in [4.69, 9.17) is 15.0 Å². The molecule has 3 heterocycles. The van der Waals surface area contributed by atoms with Crippen LogP contribution in [-0.2, 0) is 0 Å². The van der Waals surface area contributed by atoms with Crippen molar-refractivity contribution in [1.29, 1.82) is 0 Å². The fourth-order valence-electron chi connectivity index (χ4n) is 7.44. The van der Waals surface area contributed by atoms with Gasteiger partial charge in [-0.25, -0.2) is 15.0 Å². The van der Waals surface area contributed by atoms with E-state index in [1.807, 2.05) is 60.7 Å². The summed E-state index contributed by atoms with van der Waals surface area (Å²) in [6.07, 6.45) is 2.18. The van der Waals surface area contributed by atoms with Gasteiger partial charge < -0.3 is 9.13 Å². The Hall–Kier alpha value is -7.11. The molecule has 0 radical (unpaired) electrons. The van der Waals surface area contributed by atoms with Crippen LogP contribution in [0.5, 0.6) is 0 Å². The summed E-state index contributed by atoms with van der Waals surface area (Å²) < 4.78 is 4.70. The minimum atomic E-state index is 0.627. The lowest BCUT2D eigenvalue weighted by Gasteiger charge is -2.15.